The first-order valence-corrected chi connectivity index (χ1v) is 13.4. The molecule has 5 aromatic rings. The number of hydrogen-bond donors (Lipinski definition) is 1. The summed E-state index contributed by atoms with van der Waals surface area (Å²) in [5.74, 6) is 2.68. The number of carbonyl (C=O) groups is 1. The molecule has 3 heterocycles. The molecule has 1 aliphatic rings. The fraction of sp³-hybridized carbons (Fsp3) is 0.219. The highest BCUT2D eigenvalue weighted by Crippen LogP contribution is 2.29. The van der Waals surface area contributed by atoms with Gasteiger partial charge in [-0.25, -0.2) is 9.97 Å². The van der Waals surface area contributed by atoms with Gasteiger partial charge in [-0.15, -0.1) is 0 Å². The van der Waals surface area contributed by atoms with Crippen LogP contribution in [0.1, 0.15) is 46.3 Å². The van der Waals surface area contributed by atoms with Gasteiger partial charge in [-0.05, 0) is 53.8 Å². The van der Waals surface area contributed by atoms with Gasteiger partial charge in [0.05, 0.1) is 6.54 Å². The second-order valence-electron chi connectivity index (χ2n) is 10.1. The van der Waals surface area contributed by atoms with Crippen molar-refractivity contribution in [1.29, 1.82) is 0 Å². The van der Waals surface area contributed by atoms with Gasteiger partial charge in [0, 0.05) is 55.9 Å². The van der Waals surface area contributed by atoms with Crippen LogP contribution in [0, 0.1) is 0 Å². The summed E-state index contributed by atoms with van der Waals surface area (Å²) in [4.78, 5) is 24.5. The lowest BCUT2D eigenvalue weighted by atomic mass is 9.95. The van der Waals surface area contributed by atoms with Gasteiger partial charge < -0.3 is 19.1 Å². The Bertz CT molecular complexity index is 1530. The van der Waals surface area contributed by atoms with Crippen molar-refractivity contribution >= 4 is 5.91 Å². The van der Waals surface area contributed by atoms with E-state index in [0.29, 0.717) is 31.1 Å². The molecule has 0 atom stereocenters. The molecule has 2 aromatic heterocycles. The molecule has 1 aliphatic heterocycles. The topological polar surface area (TPSA) is 76.2 Å². The molecule has 0 spiro atoms. The lowest BCUT2D eigenvalue weighted by Crippen LogP contribution is -2.38. The van der Waals surface area contributed by atoms with Crippen molar-refractivity contribution in [1.82, 2.24) is 24.0 Å². The normalized spacial score (nSPS) is 14.0. The van der Waals surface area contributed by atoms with E-state index in [0.717, 1.165) is 42.2 Å². The van der Waals surface area contributed by atoms with Crippen LogP contribution in [0.5, 0.6) is 5.75 Å². The van der Waals surface area contributed by atoms with Crippen molar-refractivity contribution in [3.8, 4) is 16.9 Å². The molecule has 0 aliphatic carbocycles. The average Bonchev–Trinajstić information content (AvgIpc) is 3.63. The highest BCUT2D eigenvalue weighted by Gasteiger charge is 2.27. The zero-order valence-corrected chi connectivity index (χ0v) is 21.7. The lowest BCUT2D eigenvalue weighted by Gasteiger charge is -2.32. The molecular formula is C32H31N5O2. The van der Waals surface area contributed by atoms with E-state index in [9.17, 15) is 9.90 Å². The van der Waals surface area contributed by atoms with Crippen molar-refractivity contribution in [3.63, 3.8) is 0 Å². The Balaban J connectivity index is 1.08. The Kier molecular flexibility index (Phi) is 6.95. The minimum Gasteiger partial charge on any atom is -0.508 e. The summed E-state index contributed by atoms with van der Waals surface area (Å²) >= 11 is 0. The predicted molar refractivity (Wildman–Crippen MR) is 151 cm³/mol. The number of rotatable bonds is 7. The number of imidazole rings is 2. The summed E-state index contributed by atoms with van der Waals surface area (Å²) in [5, 5.41) is 9.52. The molecule has 1 N–H and O–H groups in total. The number of phenols is 1. The molecule has 7 heteroatoms. The van der Waals surface area contributed by atoms with Crippen LogP contribution in [-0.4, -0.2) is 48.1 Å². The number of benzene rings is 3. The quantitative estimate of drug-likeness (QED) is 0.306. The lowest BCUT2D eigenvalue weighted by molar-refractivity contribution is 0.0710. The predicted octanol–water partition coefficient (Wildman–Crippen LogP) is 5.57. The zero-order chi connectivity index (χ0) is 26.6. The number of likely N-dealkylation sites (tertiary alicyclic amines) is 1. The molecule has 1 amide bonds. The van der Waals surface area contributed by atoms with Crippen molar-refractivity contribution in [2.24, 2.45) is 0 Å². The molecular weight excluding hydrogens is 486 g/mol. The fourth-order valence-electron chi connectivity index (χ4n) is 5.36. The number of aromatic nitrogens is 4. The van der Waals surface area contributed by atoms with E-state index in [4.69, 9.17) is 4.98 Å². The van der Waals surface area contributed by atoms with Crippen LogP contribution in [0.2, 0.25) is 0 Å². The van der Waals surface area contributed by atoms with Gasteiger partial charge in [-0.2, -0.15) is 0 Å². The smallest absolute Gasteiger partial charge is 0.253 e. The monoisotopic (exact) mass is 517 g/mol. The number of hydrogen-bond acceptors (Lipinski definition) is 4. The fourth-order valence-corrected chi connectivity index (χ4v) is 5.36. The van der Waals surface area contributed by atoms with Crippen molar-refractivity contribution in [2.75, 3.05) is 13.1 Å². The maximum atomic E-state index is 13.2. The van der Waals surface area contributed by atoms with E-state index < -0.39 is 0 Å². The molecule has 39 heavy (non-hydrogen) atoms. The Morgan fingerprint density at radius 1 is 0.769 bits per heavy atom. The van der Waals surface area contributed by atoms with E-state index in [-0.39, 0.29) is 11.7 Å². The molecule has 196 valence electrons. The van der Waals surface area contributed by atoms with Crippen LogP contribution < -0.4 is 0 Å². The van der Waals surface area contributed by atoms with Crippen LogP contribution >= 0.6 is 0 Å². The molecule has 1 saturated heterocycles. The summed E-state index contributed by atoms with van der Waals surface area (Å²) in [7, 11) is 0. The molecule has 7 nitrogen and oxygen atoms in total. The van der Waals surface area contributed by atoms with Crippen LogP contribution in [0.15, 0.2) is 104 Å². The number of piperidine rings is 1. The standard InChI is InChI=1S/C32H31N5O2/c38-29-12-10-26(11-13-29)25-6-8-28(9-7-25)32(39)35-18-14-27(15-19-35)31-34-17-21-37(31)23-30-33-16-20-36(30)22-24-4-2-1-3-5-24/h1-13,16-17,20-21,27,38H,14-15,18-19,22-23H2. The summed E-state index contributed by atoms with van der Waals surface area (Å²) in [6.45, 7) is 2.87. The molecule has 6 rings (SSSR count). The Hall–Kier alpha value is -4.65. The highest BCUT2D eigenvalue weighted by molar-refractivity contribution is 5.94. The average molecular weight is 518 g/mol. The SMILES string of the molecule is O=C(c1ccc(-c2ccc(O)cc2)cc1)N1CCC(c2nccn2Cc2nccn2Cc2ccccc2)CC1. The minimum atomic E-state index is 0.0667. The van der Waals surface area contributed by atoms with Crippen LogP contribution in [0.4, 0.5) is 0 Å². The molecule has 0 unspecified atom stereocenters. The summed E-state index contributed by atoms with van der Waals surface area (Å²) < 4.78 is 4.39. The number of amides is 1. The number of aromatic hydroxyl groups is 1. The van der Waals surface area contributed by atoms with E-state index in [1.165, 1.54) is 5.56 Å². The maximum absolute atomic E-state index is 13.2. The van der Waals surface area contributed by atoms with Crippen molar-refractivity contribution in [3.05, 3.63) is 126 Å². The second kappa shape index (κ2) is 11.0. The molecule has 0 radical (unpaired) electrons. The number of phenolic OH excluding ortho intramolecular Hbond substituents is 1. The third kappa shape index (κ3) is 5.48. The molecule has 0 bridgehead atoms. The molecule has 0 saturated carbocycles. The second-order valence-corrected chi connectivity index (χ2v) is 10.1. The van der Waals surface area contributed by atoms with E-state index in [2.05, 4.69) is 38.4 Å². The summed E-state index contributed by atoms with van der Waals surface area (Å²) in [6, 6.07) is 25.2. The Morgan fingerprint density at radius 3 is 2.13 bits per heavy atom. The van der Waals surface area contributed by atoms with Crippen molar-refractivity contribution < 1.29 is 9.90 Å². The maximum Gasteiger partial charge on any atom is 0.253 e. The van der Waals surface area contributed by atoms with E-state index >= 15 is 0 Å². The first-order chi connectivity index (χ1) is 19.1. The summed E-state index contributed by atoms with van der Waals surface area (Å²) in [6.07, 6.45) is 9.55. The number of nitrogens with zero attached hydrogens (tertiary/aromatic N) is 5. The van der Waals surface area contributed by atoms with Gasteiger partial charge in [0.15, 0.2) is 0 Å². The number of carbonyl (C=O) groups excluding carboxylic acids is 1. The first-order valence-electron chi connectivity index (χ1n) is 13.4. The van der Waals surface area contributed by atoms with Gasteiger partial charge in [-0.3, -0.25) is 4.79 Å². The summed E-state index contributed by atoms with van der Waals surface area (Å²) in [5.41, 5.74) is 3.96. The Labute approximate surface area is 228 Å². The Morgan fingerprint density at radius 2 is 1.41 bits per heavy atom. The van der Waals surface area contributed by atoms with Gasteiger partial charge in [-0.1, -0.05) is 54.6 Å². The van der Waals surface area contributed by atoms with E-state index in [1.54, 1.807) is 12.1 Å². The first kappa shape index (κ1) is 24.7. The van der Waals surface area contributed by atoms with Gasteiger partial charge >= 0.3 is 0 Å². The highest BCUT2D eigenvalue weighted by atomic mass is 16.3. The van der Waals surface area contributed by atoms with Gasteiger partial charge in [0.2, 0.25) is 0 Å². The van der Waals surface area contributed by atoms with Gasteiger partial charge in [0.25, 0.3) is 5.91 Å². The minimum absolute atomic E-state index is 0.0667. The molecule has 3 aromatic carbocycles. The largest absolute Gasteiger partial charge is 0.508 e. The van der Waals surface area contributed by atoms with Crippen LogP contribution in [0.25, 0.3) is 11.1 Å². The third-order valence-electron chi connectivity index (χ3n) is 7.54. The molecule has 1 fully saturated rings. The third-order valence-corrected chi connectivity index (χ3v) is 7.54. The van der Waals surface area contributed by atoms with Gasteiger partial charge in [0.1, 0.15) is 17.4 Å². The zero-order valence-electron chi connectivity index (χ0n) is 21.7. The van der Waals surface area contributed by atoms with E-state index in [1.807, 2.05) is 72.2 Å². The van der Waals surface area contributed by atoms with Crippen molar-refractivity contribution in [2.45, 2.75) is 31.8 Å². The van der Waals surface area contributed by atoms with Crippen LogP contribution in [0.3, 0.4) is 0 Å². The van der Waals surface area contributed by atoms with Crippen LogP contribution in [-0.2, 0) is 13.1 Å².